The smallest absolute Gasteiger partial charge is 0.208 e. The average Bonchev–Trinajstić information content (AvgIpc) is 2.29. The maximum Gasteiger partial charge on any atom is 0.240 e. The van der Waals surface area contributed by atoms with Crippen LogP contribution in [0.5, 0.6) is 0 Å². The second-order valence-corrected chi connectivity index (χ2v) is 6.76. The Bertz CT molecular complexity index is 498. The van der Waals surface area contributed by atoms with Crippen LogP contribution in [-0.2, 0) is 10.0 Å². The van der Waals surface area contributed by atoms with Gasteiger partial charge < -0.3 is 0 Å². The molecule has 1 N–H and O–H groups in total. The molecule has 2 unspecified atom stereocenters. The van der Waals surface area contributed by atoms with Gasteiger partial charge in [0.1, 0.15) is 5.82 Å². The molecule has 1 aromatic carbocycles. The van der Waals surface area contributed by atoms with Crippen molar-refractivity contribution in [2.45, 2.75) is 43.5 Å². The summed E-state index contributed by atoms with van der Waals surface area (Å²) in [5, 5.41) is 0. The zero-order valence-corrected chi connectivity index (χ0v) is 11.2. The highest BCUT2D eigenvalue weighted by Crippen LogP contribution is 2.24. The third kappa shape index (κ3) is 3.29. The SMILES string of the molecule is CC1CCCC(NS(=O)(=O)c2ccc(F)cc2)C1. The van der Waals surface area contributed by atoms with Crippen molar-refractivity contribution in [2.75, 3.05) is 0 Å². The van der Waals surface area contributed by atoms with Crippen molar-refractivity contribution < 1.29 is 12.8 Å². The number of sulfonamides is 1. The van der Waals surface area contributed by atoms with Gasteiger partial charge in [0.25, 0.3) is 0 Å². The van der Waals surface area contributed by atoms with Gasteiger partial charge >= 0.3 is 0 Å². The molecule has 0 amide bonds. The molecule has 0 saturated heterocycles. The van der Waals surface area contributed by atoms with E-state index in [9.17, 15) is 12.8 Å². The minimum absolute atomic E-state index is 0.00352. The van der Waals surface area contributed by atoms with E-state index in [1.54, 1.807) is 0 Å². The first-order valence-corrected chi connectivity index (χ1v) is 7.73. The van der Waals surface area contributed by atoms with Gasteiger partial charge in [-0.15, -0.1) is 0 Å². The van der Waals surface area contributed by atoms with E-state index < -0.39 is 15.8 Å². The van der Waals surface area contributed by atoms with E-state index in [0.29, 0.717) is 5.92 Å². The first kappa shape index (κ1) is 13.5. The van der Waals surface area contributed by atoms with Gasteiger partial charge in [-0.2, -0.15) is 0 Å². The zero-order valence-electron chi connectivity index (χ0n) is 10.4. The molecule has 0 aromatic heterocycles. The van der Waals surface area contributed by atoms with E-state index in [4.69, 9.17) is 0 Å². The second kappa shape index (κ2) is 5.36. The Balaban J connectivity index is 2.09. The van der Waals surface area contributed by atoms with Crippen LogP contribution in [0.2, 0.25) is 0 Å². The van der Waals surface area contributed by atoms with Gasteiger partial charge in [0, 0.05) is 6.04 Å². The largest absolute Gasteiger partial charge is 0.240 e. The van der Waals surface area contributed by atoms with Gasteiger partial charge in [0.15, 0.2) is 0 Å². The van der Waals surface area contributed by atoms with Gasteiger partial charge in [-0.1, -0.05) is 19.8 Å². The molecule has 0 aliphatic heterocycles. The summed E-state index contributed by atoms with van der Waals surface area (Å²) in [6, 6.07) is 4.92. The van der Waals surface area contributed by atoms with Crippen LogP contribution >= 0.6 is 0 Å². The fourth-order valence-electron chi connectivity index (χ4n) is 2.44. The highest BCUT2D eigenvalue weighted by Gasteiger charge is 2.24. The molecule has 1 fully saturated rings. The Morgan fingerprint density at radius 3 is 2.50 bits per heavy atom. The first-order chi connectivity index (χ1) is 8.47. The van der Waals surface area contributed by atoms with Crippen molar-refractivity contribution in [2.24, 2.45) is 5.92 Å². The molecule has 2 rings (SSSR count). The Morgan fingerprint density at radius 1 is 1.22 bits per heavy atom. The van der Waals surface area contributed by atoms with E-state index >= 15 is 0 Å². The molecule has 1 saturated carbocycles. The lowest BCUT2D eigenvalue weighted by Crippen LogP contribution is -2.37. The average molecular weight is 271 g/mol. The van der Waals surface area contributed by atoms with E-state index in [1.807, 2.05) is 0 Å². The van der Waals surface area contributed by atoms with Gasteiger partial charge in [0.2, 0.25) is 10.0 Å². The Hall–Kier alpha value is -0.940. The van der Waals surface area contributed by atoms with Crippen molar-refractivity contribution in [3.8, 4) is 0 Å². The normalized spacial score (nSPS) is 25.0. The molecular weight excluding hydrogens is 253 g/mol. The third-order valence-corrected chi connectivity index (χ3v) is 4.92. The minimum atomic E-state index is -3.52. The summed E-state index contributed by atoms with van der Waals surface area (Å²) < 4.78 is 39.7. The Kier molecular flexibility index (Phi) is 4.02. The summed E-state index contributed by atoms with van der Waals surface area (Å²) in [6.07, 6.45) is 3.97. The second-order valence-electron chi connectivity index (χ2n) is 5.04. The van der Waals surface area contributed by atoms with Crippen LogP contribution in [-0.4, -0.2) is 14.5 Å². The van der Waals surface area contributed by atoms with Crippen molar-refractivity contribution >= 4 is 10.0 Å². The van der Waals surface area contributed by atoms with Gasteiger partial charge in [-0.3, -0.25) is 0 Å². The lowest BCUT2D eigenvalue weighted by atomic mass is 9.88. The standard InChI is InChI=1S/C13H18FNO2S/c1-10-3-2-4-12(9-10)15-18(16,17)13-7-5-11(14)6-8-13/h5-8,10,12,15H,2-4,9H2,1H3. The highest BCUT2D eigenvalue weighted by molar-refractivity contribution is 7.89. The summed E-state index contributed by atoms with van der Waals surface area (Å²) in [5.74, 6) is 0.125. The third-order valence-electron chi connectivity index (χ3n) is 3.38. The molecule has 2 atom stereocenters. The maximum atomic E-state index is 12.8. The van der Waals surface area contributed by atoms with Crippen LogP contribution in [0.15, 0.2) is 29.2 Å². The highest BCUT2D eigenvalue weighted by atomic mass is 32.2. The molecule has 3 nitrogen and oxygen atoms in total. The van der Waals surface area contributed by atoms with Gasteiger partial charge in [-0.25, -0.2) is 17.5 Å². The molecule has 0 radical (unpaired) electrons. The van der Waals surface area contributed by atoms with Gasteiger partial charge in [0.05, 0.1) is 4.90 Å². The predicted octanol–water partition coefficient (Wildman–Crippen LogP) is 2.68. The number of hydrogen-bond acceptors (Lipinski definition) is 2. The van der Waals surface area contributed by atoms with Crippen LogP contribution in [0.3, 0.4) is 0 Å². The fraction of sp³-hybridized carbons (Fsp3) is 0.538. The van der Waals surface area contributed by atoms with Crippen LogP contribution in [0.1, 0.15) is 32.6 Å². The zero-order chi connectivity index (χ0) is 13.2. The summed E-state index contributed by atoms with van der Waals surface area (Å²) in [7, 11) is -3.52. The van der Waals surface area contributed by atoms with Crippen molar-refractivity contribution in [3.05, 3.63) is 30.1 Å². The molecule has 18 heavy (non-hydrogen) atoms. The lowest BCUT2D eigenvalue weighted by Gasteiger charge is -2.27. The Morgan fingerprint density at radius 2 is 1.89 bits per heavy atom. The summed E-state index contributed by atoms with van der Waals surface area (Å²) in [6.45, 7) is 2.14. The molecule has 5 heteroatoms. The number of halogens is 1. The van der Waals surface area contributed by atoms with Crippen LogP contribution in [0.4, 0.5) is 4.39 Å². The quantitative estimate of drug-likeness (QED) is 0.918. The minimum Gasteiger partial charge on any atom is -0.208 e. The molecular formula is C13H18FNO2S. The summed E-state index contributed by atoms with van der Waals surface area (Å²) in [4.78, 5) is 0.127. The topological polar surface area (TPSA) is 46.2 Å². The Labute approximate surface area is 107 Å². The predicted molar refractivity (Wildman–Crippen MR) is 68.1 cm³/mol. The molecule has 1 aliphatic carbocycles. The summed E-state index contributed by atoms with van der Waals surface area (Å²) in [5.41, 5.74) is 0. The van der Waals surface area contributed by atoms with E-state index in [1.165, 1.54) is 12.1 Å². The number of benzene rings is 1. The fourth-order valence-corrected chi connectivity index (χ4v) is 3.73. The molecule has 0 bridgehead atoms. The molecule has 100 valence electrons. The number of nitrogens with one attached hydrogen (secondary N) is 1. The molecule has 0 spiro atoms. The molecule has 1 aliphatic rings. The molecule has 1 aromatic rings. The van der Waals surface area contributed by atoms with Gasteiger partial charge in [-0.05, 0) is 43.0 Å². The van der Waals surface area contributed by atoms with Crippen molar-refractivity contribution in [3.63, 3.8) is 0 Å². The lowest BCUT2D eigenvalue weighted by molar-refractivity contribution is 0.327. The van der Waals surface area contributed by atoms with Crippen LogP contribution in [0, 0.1) is 11.7 Å². The maximum absolute atomic E-state index is 12.8. The van der Waals surface area contributed by atoms with E-state index in [-0.39, 0.29) is 10.9 Å². The van der Waals surface area contributed by atoms with Crippen molar-refractivity contribution in [1.29, 1.82) is 0 Å². The first-order valence-electron chi connectivity index (χ1n) is 6.25. The monoisotopic (exact) mass is 271 g/mol. The van der Waals surface area contributed by atoms with E-state index in [2.05, 4.69) is 11.6 Å². The van der Waals surface area contributed by atoms with Crippen molar-refractivity contribution in [1.82, 2.24) is 4.72 Å². The van der Waals surface area contributed by atoms with Crippen LogP contribution < -0.4 is 4.72 Å². The van der Waals surface area contributed by atoms with Crippen LogP contribution in [0.25, 0.3) is 0 Å². The summed E-state index contributed by atoms with van der Waals surface area (Å²) >= 11 is 0. The van der Waals surface area contributed by atoms with E-state index in [0.717, 1.165) is 37.8 Å². The number of hydrogen-bond donors (Lipinski definition) is 1. The number of rotatable bonds is 3. The molecule has 0 heterocycles.